The van der Waals surface area contributed by atoms with E-state index in [1.807, 2.05) is 18.2 Å². The van der Waals surface area contributed by atoms with Crippen LogP contribution in [0.15, 0.2) is 35.9 Å². The third-order valence-electron chi connectivity index (χ3n) is 3.04. The first-order chi connectivity index (χ1) is 7.64. The van der Waals surface area contributed by atoms with Crippen LogP contribution in [-0.2, 0) is 9.53 Å². The summed E-state index contributed by atoms with van der Waals surface area (Å²) in [5.74, 6) is -0.439. The number of carbonyl (C=O) groups is 1. The number of ether oxygens (including phenoxy) is 1. The van der Waals surface area contributed by atoms with Crippen LogP contribution in [0.5, 0.6) is 0 Å². The second-order valence-electron chi connectivity index (χ2n) is 5.14. The van der Waals surface area contributed by atoms with E-state index in [0.717, 1.165) is 0 Å². The molecule has 0 N–H and O–H groups in total. The third-order valence-corrected chi connectivity index (χ3v) is 3.36. The van der Waals surface area contributed by atoms with E-state index < -0.39 is 5.97 Å². The summed E-state index contributed by atoms with van der Waals surface area (Å²) in [5.41, 5.74) is -0.0703. The van der Waals surface area contributed by atoms with Crippen LogP contribution >= 0.6 is 15.9 Å². The van der Waals surface area contributed by atoms with Gasteiger partial charge >= 0.3 is 5.97 Å². The van der Waals surface area contributed by atoms with Crippen LogP contribution in [0, 0.1) is 10.8 Å². The highest BCUT2D eigenvalue weighted by Gasteiger charge is 2.31. The maximum absolute atomic E-state index is 11.1. The van der Waals surface area contributed by atoms with Crippen LogP contribution in [0.1, 0.15) is 27.7 Å². The van der Waals surface area contributed by atoms with Crippen molar-refractivity contribution in [1.29, 1.82) is 0 Å². The van der Waals surface area contributed by atoms with Gasteiger partial charge in [0.2, 0.25) is 0 Å². The van der Waals surface area contributed by atoms with Crippen LogP contribution in [0.4, 0.5) is 0 Å². The summed E-state index contributed by atoms with van der Waals surface area (Å²) in [6, 6.07) is 0. The molecule has 0 spiro atoms. The van der Waals surface area contributed by atoms with Gasteiger partial charge in [0.1, 0.15) is 6.61 Å². The second-order valence-corrected chi connectivity index (χ2v) is 6.10. The Hall–Kier alpha value is -0.830. The van der Waals surface area contributed by atoms with Crippen molar-refractivity contribution in [3.05, 3.63) is 35.9 Å². The predicted molar refractivity (Wildman–Crippen MR) is 75.9 cm³/mol. The third kappa shape index (κ3) is 4.90. The summed E-state index contributed by atoms with van der Waals surface area (Å²) < 4.78 is 5.18. The van der Waals surface area contributed by atoms with Crippen LogP contribution in [-0.4, -0.2) is 12.6 Å². The van der Waals surface area contributed by atoms with E-state index in [9.17, 15) is 4.79 Å². The molecular formula is C14H21BrO2. The molecule has 0 aromatic carbocycles. The Morgan fingerprint density at radius 1 is 1.35 bits per heavy atom. The van der Waals surface area contributed by atoms with E-state index in [1.54, 1.807) is 0 Å². The molecule has 0 saturated heterocycles. The molecule has 0 aromatic heterocycles. The van der Waals surface area contributed by atoms with Crippen LogP contribution in [0.2, 0.25) is 0 Å². The van der Waals surface area contributed by atoms with Crippen LogP contribution < -0.4 is 0 Å². The number of rotatable bonds is 5. The van der Waals surface area contributed by atoms with E-state index in [-0.39, 0.29) is 21.9 Å². The lowest BCUT2D eigenvalue weighted by Crippen LogP contribution is -2.28. The van der Waals surface area contributed by atoms with Gasteiger partial charge < -0.3 is 4.74 Å². The molecule has 0 saturated carbocycles. The molecule has 1 atom stereocenters. The summed E-state index contributed by atoms with van der Waals surface area (Å²) in [6.45, 7) is 16.1. The molecule has 17 heavy (non-hydrogen) atoms. The summed E-state index contributed by atoms with van der Waals surface area (Å²) in [5, 5.41) is 0. The van der Waals surface area contributed by atoms with Gasteiger partial charge in [0.15, 0.2) is 0 Å². The SMILES string of the molecule is C=C[C@@](C)(/C=C/COC(=O)C(=C)Br)C(C)(C)C. The summed E-state index contributed by atoms with van der Waals surface area (Å²) in [7, 11) is 0. The molecule has 0 fully saturated rings. The van der Waals surface area contributed by atoms with Crippen molar-refractivity contribution in [2.45, 2.75) is 27.7 Å². The van der Waals surface area contributed by atoms with Crippen molar-refractivity contribution in [3.63, 3.8) is 0 Å². The minimum atomic E-state index is -0.439. The average Bonchev–Trinajstić information content (AvgIpc) is 2.21. The highest BCUT2D eigenvalue weighted by molar-refractivity contribution is 9.12. The molecule has 0 bridgehead atoms. The van der Waals surface area contributed by atoms with Gasteiger partial charge in [0, 0.05) is 5.41 Å². The number of hydrogen-bond acceptors (Lipinski definition) is 2. The van der Waals surface area contributed by atoms with Gasteiger partial charge in [-0.1, -0.05) is 52.5 Å². The van der Waals surface area contributed by atoms with Crippen molar-refractivity contribution in [1.82, 2.24) is 0 Å². The lowest BCUT2D eigenvalue weighted by atomic mass is 9.68. The van der Waals surface area contributed by atoms with Crippen molar-refractivity contribution >= 4 is 21.9 Å². The van der Waals surface area contributed by atoms with Crippen molar-refractivity contribution in [3.8, 4) is 0 Å². The minimum absolute atomic E-state index is 0.0638. The highest BCUT2D eigenvalue weighted by atomic mass is 79.9. The molecule has 96 valence electrons. The second kappa shape index (κ2) is 6.20. The predicted octanol–water partition coefficient (Wildman–Crippen LogP) is 4.23. The fourth-order valence-electron chi connectivity index (χ4n) is 1.12. The Kier molecular flexibility index (Phi) is 5.89. The largest absolute Gasteiger partial charge is 0.457 e. The minimum Gasteiger partial charge on any atom is -0.457 e. The number of esters is 1. The van der Waals surface area contributed by atoms with Crippen molar-refractivity contribution in [2.75, 3.05) is 6.61 Å². The first-order valence-corrected chi connectivity index (χ1v) is 6.26. The zero-order valence-corrected chi connectivity index (χ0v) is 12.6. The quantitative estimate of drug-likeness (QED) is 0.431. The standard InChI is InChI=1S/C14H21BrO2/c1-7-14(6,13(3,4)5)9-8-10-17-12(16)11(2)15/h7-9H,1-2,10H2,3-6H3/b9-8+/t14-/m0/s1. The molecule has 0 unspecified atom stereocenters. The monoisotopic (exact) mass is 300 g/mol. The zero-order valence-electron chi connectivity index (χ0n) is 11.0. The smallest absolute Gasteiger partial charge is 0.344 e. The Morgan fingerprint density at radius 2 is 1.88 bits per heavy atom. The van der Waals surface area contributed by atoms with Gasteiger partial charge in [0.25, 0.3) is 0 Å². The Bertz CT molecular complexity index is 337. The maximum Gasteiger partial charge on any atom is 0.344 e. The van der Waals surface area contributed by atoms with E-state index in [4.69, 9.17) is 4.74 Å². The Labute approximate surface area is 113 Å². The van der Waals surface area contributed by atoms with Gasteiger partial charge in [-0.2, -0.15) is 0 Å². The Balaban J connectivity index is 4.47. The summed E-state index contributed by atoms with van der Waals surface area (Å²) in [4.78, 5) is 11.1. The molecule has 0 radical (unpaired) electrons. The molecule has 0 aliphatic rings. The van der Waals surface area contributed by atoms with Gasteiger partial charge in [0.05, 0.1) is 4.48 Å². The molecule has 0 rings (SSSR count). The highest BCUT2D eigenvalue weighted by Crippen LogP contribution is 2.40. The average molecular weight is 301 g/mol. The van der Waals surface area contributed by atoms with E-state index in [1.165, 1.54) is 0 Å². The van der Waals surface area contributed by atoms with Crippen LogP contribution in [0.25, 0.3) is 0 Å². The normalized spacial score (nSPS) is 15.4. The van der Waals surface area contributed by atoms with Gasteiger partial charge in [-0.05, 0) is 21.3 Å². The fourth-order valence-corrected chi connectivity index (χ4v) is 1.23. The van der Waals surface area contributed by atoms with Gasteiger partial charge in [-0.3, -0.25) is 0 Å². The first kappa shape index (κ1) is 16.2. The zero-order chi connectivity index (χ0) is 13.7. The topological polar surface area (TPSA) is 26.3 Å². The van der Waals surface area contributed by atoms with E-state index >= 15 is 0 Å². The number of carbonyl (C=O) groups excluding carboxylic acids is 1. The van der Waals surface area contributed by atoms with E-state index in [2.05, 4.69) is 56.8 Å². The van der Waals surface area contributed by atoms with Crippen LogP contribution in [0.3, 0.4) is 0 Å². The van der Waals surface area contributed by atoms with Crippen molar-refractivity contribution in [2.24, 2.45) is 10.8 Å². The van der Waals surface area contributed by atoms with Crippen molar-refractivity contribution < 1.29 is 9.53 Å². The lowest BCUT2D eigenvalue weighted by Gasteiger charge is -2.37. The molecule has 0 aromatic rings. The van der Waals surface area contributed by atoms with Gasteiger partial charge in [-0.15, -0.1) is 6.58 Å². The Morgan fingerprint density at radius 3 is 2.24 bits per heavy atom. The molecule has 0 aliphatic heterocycles. The summed E-state index contributed by atoms with van der Waals surface area (Å²) >= 11 is 2.97. The maximum atomic E-state index is 11.1. The van der Waals surface area contributed by atoms with Gasteiger partial charge in [-0.25, -0.2) is 4.79 Å². The number of hydrogen-bond donors (Lipinski definition) is 0. The molecule has 0 aliphatic carbocycles. The molecule has 0 heterocycles. The van der Waals surface area contributed by atoms with E-state index in [0.29, 0.717) is 0 Å². The molecule has 3 heteroatoms. The molecule has 0 amide bonds. The fraction of sp³-hybridized carbons (Fsp3) is 0.500. The number of allylic oxidation sites excluding steroid dienone is 2. The first-order valence-electron chi connectivity index (χ1n) is 5.47. The molecule has 2 nitrogen and oxygen atoms in total. The summed E-state index contributed by atoms with van der Waals surface area (Å²) in [6.07, 6.45) is 5.76. The lowest BCUT2D eigenvalue weighted by molar-refractivity contribution is -0.136. The number of halogens is 1. The molecular weight excluding hydrogens is 280 g/mol.